The maximum absolute atomic E-state index is 13.5. The number of para-hydroxylation sites is 1. The number of carbonyl (C=O) groups excluding carboxylic acids is 2. The summed E-state index contributed by atoms with van der Waals surface area (Å²) in [6, 6.07) is 10.4. The van der Waals surface area contributed by atoms with E-state index in [0.717, 1.165) is 6.07 Å². The fourth-order valence-corrected chi connectivity index (χ4v) is 1.99. The van der Waals surface area contributed by atoms with E-state index in [-0.39, 0.29) is 17.8 Å². The lowest BCUT2D eigenvalue weighted by molar-refractivity contribution is -0.114. The zero-order valence-corrected chi connectivity index (χ0v) is 12.2. The highest BCUT2D eigenvalue weighted by Crippen LogP contribution is 2.19. The van der Waals surface area contributed by atoms with Gasteiger partial charge in [0.05, 0.1) is 17.8 Å². The van der Waals surface area contributed by atoms with Crippen molar-refractivity contribution >= 4 is 34.8 Å². The fourth-order valence-electron chi connectivity index (χ4n) is 1.82. The summed E-state index contributed by atoms with van der Waals surface area (Å²) in [7, 11) is 0. The van der Waals surface area contributed by atoms with E-state index >= 15 is 0 Å². The number of nitrogens with one attached hydrogen (secondary N) is 2. The number of hydrogen-bond acceptors (Lipinski definition) is 3. The molecule has 2 aromatic rings. The number of carbonyl (C=O) groups is 2. The number of nitrogens with two attached hydrogens (primary N) is 1. The molecule has 0 bridgehead atoms. The van der Waals surface area contributed by atoms with Crippen LogP contribution in [0.3, 0.4) is 0 Å². The number of benzene rings is 2. The molecular formula is C15H13ClFN3O2. The average Bonchev–Trinajstić information content (AvgIpc) is 2.49. The van der Waals surface area contributed by atoms with Crippen LogP contribution in [0.5, 0.6) is 0 Å². The van der Waals surface area contributed by atoms with Crippen LogP contribution in [0.2, 0.25) is 5.02 Å². The SMILES string of the molecule is NC(=O)c1ccccc1NCC(=O)Nc1cc(Cl)ccc1F. The van der Waals surface area contributed by atoms with Crippen molar-refractivity contribution in [3.8, 4) is 0 Å². The molecule has 0 heterocycles. The van der Waals surface area contributed by atoms with Crippen molar-refractivity contribution in [2.75, 3.05) is 17.2 Å². The molecule has 0 saturated carbocycles. The minimum atomic E-state index is -0.607. The second-order valence-electron chi connectivity index (χ2n) is 4.44. The van der Waals surface area contributed by atoms with Crippen molar-refractivity contribution in [2.24, 2.45) is 5.73 Å². The Balaban J connectivity index is 2.02. The van der Waals surface area contributed by atoms with Gasteiger partial charge in [0.25, 0.3) is 5.91 Å². The highest BCUT2D eigenvalue weighted by molar-refractivity contribution is 6.30. The Kier molecular flexibility index (Phi) is 4.95. The molecule has 0 spiro atoms. The summed E-state index contributed by atoms with van der Waals surface area (Å²) in [6.07, 6.45) is 0. The molecule has 7 heteroatoms. The van der Waals surface area contributed by atoms with E-state index in [9.17, 15) is 14.0 Å². The molecule has 0 aliphatic carbocycles. The zero-order valence-electron chi connectivity index (χ0n) is 11.4. The summed E-state index contributed by atoms with van der Waals surface area (Å²) < 4.78 is 13.5. The molecule has 0 saturated heterocycles. The molecule has 0 fully saturated rings. The number of rotatable bonds is 5. The number of anilines is 2. The van der Waals surface area contributed by atoms with Crippen molar-refractivity contribution < 1.29 is 14.0 Å². The molecule has 2 aromatic carbocycles. The molecule has 114 valence electrons. The minimum absolute atomic E-state index is 0.0116. The summed E-state index contributed by atoms with van der Waals surface area (Å²) in [4.78, 5) is 23.1. The topological polar surface area (TPSA) is 84.2 Å². The summed E-state index contributed by atoms with van der Waals surface area (Å²) >= 11 is 5.74. The van der Waals surface area contributed by atoms with Gasteiger partial charge in [-0.25, -0.2) is 4.39 Å². The molecule has 0 unspecified atom stereocenters. The quantitative estimate of drug-likeness (QED) is 0.791. The molecule has 4 N–H and O–H groups in total. The molecule has 22 heavy (non-hydrogen) atoms. The van der Waals surface area contributed by atoms with Gasteiger partial charge in [-0.2, -0.15) is 0 Å². The number of primary amides is 1. The third-order valence-corrected chi connectivity index (χ3v) is 3.07. The molecule has 0 aliphatic heterocycles. The smallest absolute Gasteiger partial charge is 0.250 e. The van der Waals surface area contributed by atoms with E-state index in [1.54, 1.807) is 24.3 Å². The average molecular weight is 322 g/mol. The molecular weight excluding hydrogens is 309 g/mol. The standard InChI is InChI=1S/C15H13ClFN3O2/c16-9-5-6-11(17)13(7-9)20-14(21)8-19-12-4-2-1-3-10(12)15(18)22/h1-7,19H,8H2,(H2,18,22)(H,20,21). The Morgan fingerprint density at radius 2 is 1.86 bits per heavy atom. The van der Waals surface area contributed by atoms with E-state index in [2.05, 4.69) is 10.6 Å². The van der Waals surface area contributed by atoms with Gasteiger partial charge in [-0.05, 0) is 30.3 Å². The molecule has 0 aliphatic rings. The Hall–Kier alpha value is -2.60. The van der Waals surface area contributed by atoms with Gasteiger partial charge in [0.15, 0.2) is 0 Å². The lowest BCUT2D eigenvalue weighted by Crippen LogP contribution is -2.23. The fraction of sp³-hybridized carbons (Fsp3) is 0.0667. The number of hydrogen-bond donors (Lipinski definition) is 3. The summed E-state index contributed by atoms with van der Waals surface area (Å²) in [5, 5.41) is 5.48. The number of halogens is 2. The first-order chi connectivity index (χ1) is 10.5. The predicted molar refractivity (Wildman–Crippen MR) is 83.5 cm³/mol. The highest BCUT2D eigenvalue weighted by Gasteiger charge is 2.10. The van der Waals surface area contributed by atoms with Crippen LogP contribution in [0.25, 0.3) is 0 Å². The van der Waals surface area contributed by atoms with Gasteiger partial charge >= 0.3 is 0 Å². The third kappa shape index (κ3) is 3.95. The summed E-state index contributed by atoms with van der Waals surface area (Å²) in [5.41, 5.74) is 5.92. The van der Waals surface area contributed by atoms with Gasteiger partial charge in [-0.3, -0.25) is 9.59 Å². The molecule has 0 aromatic heterocycles. The molecule has 5 nitrogen and oxygen atoms in total. The number of amides is 2. The summed E-state index contributed by atoms with van der Waals surface area (Å²) in [6.45, 7) is -0.157. The minimum Gasteiger partial charge on any atom is -0.376 e. The van der Waals surface area contributed by atoms with Crippen molar-refractivity contribution in [3.63, 3.8) is 0 Å². The van der Waals surface area contributed by atoms with Crippen LogP contribution in [-0.2, 0) is 4.79 Å². The van der Waals surface area contributed by atoms with E-state index in [0.29, 0.717) is 10.7 Å². The predicted octanol–water partition coefficient (Wildman–Crippen LogP) is 2.63. The van der Waals surface area contributed by atoms with Gasteiger partial charge in [-0.15, -0.1) is 0 Å². The lowest BCUT2D eigenvalue weighted by atomic mass is 10.1. The third-order valence-electron chi connectivity index (χ3n) is 2.83. The van der Waals surface area contributed by atoms with Crippen LogP contribution in [0.4, 0.5) is 15.8 Å². The van der Waals surface area contributed by atoms with Crippen LogP contribution < -0.4 is 16.4 Å². The second kappa shape index (κ2) is 6.91. The van der Waals surface area contributed by atoms with E-state index < -0.39 is 17.6 Å². The molecule has 0 radical (unpaired) electrons. The van der Waals surface area contributed by atoms with Crippen LogP contribution >= 0.6 is 11.6 Å². The van der Waals surface area contributed by atoms with Crippen LogP contribution in [0.15, 0.2) is 42.5 Å². The van der Waals surface area contributed by atoms with Gasteiger partial charge in [0, 0.05) is 10.7 Å². The lowest BCUT2D eigenvalue weighted by Gasteiger charge is -2.11. The van der Waals surface area contributed by atoms with Crippen molar-refractivity contribution in [2.45, 2.75) is 0 Å². The Labute approximate surface area is 131 Å². The highest BCUT2D eigenvalue weighted by atomic mass is 35.5. The van der Waals surface area contributed by atoms with Crippen LogP contribution in [-0.4, -0.2) is 18.4 Å². The first-order valence-corrected chi connectivity index (χ1v) is 6.73. The molecule has 2 rings (SSSR count). The first kappa shape index (κ1) is 15.8. The van der Waals surface area contributed by atoms with E-state index in [1.807, 2.05) is 0 Å². The van der Waals surface area contributed by atoms with Gasteiger partial charge in [0.2, 0.25) is 5.91 Å². The second-order valence-corrected chi connectivity index (χ2v) is 4.87. The normalized spacial score (nSPS) is 10.1. The molecule has 0 atom stereocenters. The summed E-state index contributed by atoms with van der Waals surface area (Å²) in [5.74, 6) is -1.68. The van der Waals surface area contributed by atoms with Crippen LogP contribution in [0.1, 0.15) is 10.4 Å². The van der Waals surface area contributed by atoms with E-state index in [4.69, 9.17) is 17.3 Å². The Morgan fingerprint density at radius 3 is 2.59 bits per heavy atom. The van der Waals surface area contributed by atoms with Gasteiger partial charge < -0.3 is 16.4 Å². The van der Waals surface area contributed by atoms with Crippen LogP contribution in [0, 0.1) is 5.82 Å². The van der Waals surface area contributed by atoms with E-state index in [1.165, 1.54) is 12.1 Å². The molecule has 2 amide bonds. The monoisotopic (exact) mass is 321 g/mol. The van der Waals surface area contributed by atoms with Crippen molar-refractivity contribution in [3.05, 3.63) is 58.9 Å². The maximum Gasteiger partial charge on any atom is 0.250 e. The maximum atomic E-state index is 13.5. The largest absolute Gasteiger partial charge is 0.376 e. The first-order valence-electron chi connectivity index (χ1n) is 6.35. The zero-order chi connectivity index (χ0) is 16.1. The van der Waals surface area contributed by atoms with Crippen molar-refractivity contribution in [1.29, 1.82) is 0 Å². The van der Waals surface area contributed by atoms with Gasteiger partial charge in [0.1, 0.15) is 5.82 Å². The Morgan fingerprint density at radius 1 is 1.14 bits per heavy atom. The van der Waals surface area contributed by atoms with Crippen molar-refractivity contribution in [1.82, 2.24) is 0 Å². The van der Waals surface area contributed by atoms with Gasteiger partial charge in [-0.1, -0.05) is 23.7 Å². The Bertz CT molecular complexity index is 722.